The van der Waals surface area contributed by atoms with Crippen molar-refractivity contribution in [1.82, 2.24) is 4.90 Å². The first-order valence-corrected chi connectivity index (χ1v) is 15.5. The minimum absolute atomic E-state index is 0.0431. The van der Waals surface area contributed by atoms with Crippen LogP contribution in [0.2, 0.25) is 5.02 Å². The molecule has 0 aliphatic carbocycles. The first-order valence-electron chi connectivity index (χ1n) is 15.2. The Hall–Kier alpha value is -4.08. The second-order valence-corrected chi connectivity index (χ2v) is 11.8. The van der Waals surface area contributed by atoms with Crippen LogP contribution in [0.4, 0.5) is 10.1 Å². The number of carbonyl (C=O) groups is 2. The molecule has 2 aliphatic rings. The quantitative estimate of drug-likeness (QED) is 0.229. The molecule has 2 N–H and O–H groups in total. The zero-order chi connectivity index (χ0) is 32.4. The van der Waals surface area contributed by atoms with E-state index in [0.717, 1.165) is 11.1 Å². The van der Waals surface area contributed by atoms with Crippen molar-refractivity contribution in [2.45, 2.75) is 52.5 Å². The number of aryl methyl sites for hydroxylation is 2. The number of benzene rings is 3. The van der Waals surface area contributed by atoms with Crippen LogP contribution in [0, 0.1) is 11.7 Å². The van der Waals surface area contributed by atoms with Crippen molar-refractivity contribution in [3.8, 4) is 17.2 Å². The molecule has 45 heavy (non-hydrogen) atoms. The highest BCUT2D eigenvalue weighted by atomic mass is 35.5. The fraction of sp³-hybridized carbons (Fsp3) is 0.371. The summed E-state index contributed by atoms with van der Waals surface area (Å²) in [5, 5.41) is 14.4. The van der Waals surface area contributed by atoms with Gasteiger partial charge in [0.05, 0.1) is 19.1 Å². The van der Waals surface area contributed by atoms with Gasteiger partial charge in [-0.2, -0.15) is 0 Å². The molecule has 5 rings (SSSR count). The predicted octanol–water partition coefficient (Wildman–Crippen LogP) is 7.24. The number of carboxylic acids is 1. The molecule has 2 aliphatic heterocycles. The molecular formula is C35H38ClFN2O6. The third kappa shape index (κ3) is 6.51. The molecule has 238 valence electrons. The average molecular weight is 637 g/mol. The van der Waals surface area contributed by atoms with E-state index in [0.29, 0.717) is 58.4 Å². The van der Waals surface area contributed by atoms with Crippen molar-refractivity contribution in [3.63, 3.8) is 0 Å². The maximum absolute atomic E-state index is 15.6. The Morgan fingerprint density at radius 2 is 1.73 bits per heavy atom. The van der Waals surface area contributed by atoms with Gasteiger partial charge in [-0.25, -0.2) is 4.39 Å². The molecule has 8 nitrogen and oxygen atoms in total. The van der Waals surface area contributed by atoms with Gasteiger partial charge in [0.1, 0.15) is 11.6 Å². The van der Waals surface area contributed by atoms with Crippen molar-refractivity contribution in [2.24, 2.45) is 5.92 Å². The van der Waals surface area contributed by atoms with Crippen LogP contribution < -0.4 is 19.5 Å². The number of ether oxygens (including phenoxy) is 3. The summed E-state index contributed by atoms with van der Waals surface area (Å²) < 4.78 is 32.2. The van der Waals surface area contributed by atoms with Gasteiger partial charge in [0.25, 0.3) is 0 Å². The number of likely N-dealkylation sites (tertiary alicyclic amines) is 1. The molecule has 0 bridgehead atoms. The van der Waals surface area contributed by atoms with E-state index in [1.54, 1.807) is 6.07 Å². The molecule has 0 radical (unpaired) electrons. The zero-order valence-corrected chi connectivity index (χ0v) is 26.7. The third-order valence-electron chi connectivity index (χ3n) is 8.53. The number of hydrogen-bond donors (Lipinski definition) is 2. The Labute approximate surface area is 267 Å². The summed E-state index contributed by atoms with van der Waals surface area (Å²) in [6, 6.07) is 11.1. The Morgan fingerprint density at radius 3 is 2.33 bits per heavy atom. The Kier molecular flexibility index (Phi) is 9.70. The lowest BCUT2D eigenvalue weighted by Crippen LogP contribution is -2.35. The molecule has 3 aromatic carbocycles. The number of rotatable bonds is 11. The normalized spacial score (nSPS) is 19.0. The van der Waals surface area contributed by atoms with Gasteiger partial charge in [-0.15, -0.1) is 0 Å². The zero-order valence-electron chi connectivity index (χ0n) is 25.9. The van der Waals surface area contributed by atoms with E-state index >= 15 is 4.39 Å². The molecule has 3 aromatic rings. The highest BCUT2D eigenvalue weighted by Gasteiger charge is 2.49. The van der Waals surface area contributed by atoms with Gasteiger partial charge in [-0.1, -0.05) is 43.7 Å². The molecule has 0 unspecified atom stereocenters. The van der Waals surface area contributed by atoms with E-state index in [2.05, 4.69) is 11.9 Å². The van der Waals surface area contributed by atoms with Crippen molar-refractivity contribution < 1.29 is 33.3 Å². The van der Waals surface area contributed by atoms with Crippen molar-refractivity contribution in [1.29, 1.82) is 0 Å². The summed E-state index contributed by atoms with van der Waals surface area (Å²) >= 11 is 6.34. The largest absolute Gasteiger partial charge is 0.494 e. The number of allylic oxidation sites excluding steroid dienone is 1. The van der Waals surface area contributed by atoms with Gasteiger partial charge in [0, 0.05) is 35.3 Å². The van der Waals surface area contributed by atoms with Gasteiger partial charge >= 0.3 is 5.97 Å². The number of halogens is 2. The van der Waals surface area contributed by atoms with Crippen LogP contribution in [0.1, 0.15) is 67.5 Å². The fourth-order valence-electron chi connectivity index (χ4n) is 6.52. The van der Waals surface area contributed by atoms with E-state index < -0.39 is 29.7 Å². The summed E-state index contributed by atoms with van der Waals surface area (Å²) in [6.45, 7) is 12.2. The lowest BCUT2D eigenvalue weighted by atomic mass is 9.80. The SMILES string of the molecule is C=C(C)c1cc(OCC)ccc1[C@H]1[C@H](C(=O)O)[C@@H](c2cc3c(cc2F)OCO3)CN1CC(=O)Nc1c(CC)cc(Cl)cc1CC. The highest BCUT2D eigenvalue weighted by molar-refractivity contribution is 6.30. The molecule has 0 saturated carbocycles. The van der Waals surface area contributed by atoms with Gasteiger partial charge in [-0.3, -0.25) is 14.5 Å². The van der Waals surface area contributed by atoms with Gasteiger partial charge in [-0.05, 0) is 84.8 Å². The third-order valence-corrected chi connectivity index (χ3v) is 8.75. The highest BCUT2D eigenvalue weighted by Crippen LogP contribution is 2.50. The molecule has 1 amide bonds. The van der Waals surface area contributed by atoms with Crippen LogP contribution in [0.25, 0.3) is 5.57 Å². The standard InChI is InChI=1S/C35H38ClFN2O6/c1-6-20-11-22(36)12-21(7-2)33(20)38-31(40)17-39-16-27(26-14-29-30(15-28(26)37)45-18-44-29)32(35(41)42)34(39)24-10-9-23(43-8-3)13-25(24)19(4)5/h9-15,27,32,34H,4,6-8,16-18H2,1-3,5H3,(H,38,40)(H,41,42)/t27-,32-,34+/m1/s1. The maximum atomic E-state index is 15.6. The molecule has 1 saturated heterocycles. The Bertz CT molecular complexity index is 1620. The topological polar surface area (TPSA) is 97.3 Å². The lowest BCUT2D eigenvalue weighted by molar-refractivity contribution is -0.143. The number of carbonyl (C=O) groups excluding carboxylic acids is 1. The molecule has 2 heterocycles. The van der Waals surface area contributed by atoms with E-state index in [1.807, 2.05) is 56.9 Å². The summed E-state index contributed by atoms with van der Waals surface area (Å²) in [7, 11) is 0. The number of nitrogens with zero attached hydrogens (tertiary/aromatic N) is 1. The summed E-state index contributed by atoms with van der Waals surface area (Å²) in [5.74, 6) is -2.66. The van der Waals surface area contributed by atoms with E-state index in [-0.39, 0.29) is 37.1 Å². The van der Waals surface area contributed by atoms with Gasteiger partial charge in [0.2, 0.25) is 12.7 Å². The van der Waals surface area contributed by atoms with Crippen LogP contribution >= 0.6 is 11.6 Å². The van der Waals surface area contributed by atoms with Crippen molar-refractivity contribution in [3.05, 3.63) is 87.7 Å². The summed E-state index contributed by atoms with van der Waals surface area (Å²) in [6.07, 6.45) is 1.33. The Balaban J connectivity index is 1.59. The maximum Gasteiger partial charge on any atom is 0.309 e. The number of aliphatic carboxylic acids is 1. The Morgan fingerprint density at radius 1 is 1.07 bits per heavy atom. The summed E-state index contributed by atoms with van der Waals surface area (Å²) in [4.78, 5) is 28.7. The second kappa shape index (κ2) is 13.5. The molecule has 10 heteroatoms. The number of carboxylic acid groups (broad SMARTS) is 1. The van der Waals surface area contributed by atoms with Gasteiger partial charge in [0.15, 0.2) is 11.5 Å². The van der Waals surface area contributed by atoms with Crippen LogP contribution in [0.5, 0.6) is 17.2 Å². The number of hydrogen-bond acceptors (Lipinski definition) is 6. The lowest BCUT2D eigenvalue weighted by Gasteiger charge is -2.29. The number of nitrogens with one attached hydrogen (secondary N) is 1. The van der Waals surface area contributed by atoms with Crippen LogP contribution in [0.15, 0.2) is 49.0 Å². The van der Waals surface area contributed by atoms with Crippen LogP contribution in [-0.4, -0.2) is 48.4 Å². The number of amides is 1. The predicted molar refractivity (Wildman–Crippen MR) is 172 cm³/mol. The van der Waals surface area contributed by atoms with Crippen molar-refractivity contribution in [2.75, 3.05) is 31.8 Å². The van der Waals surface area contributed by atoms with Crippen LogP contribution in [-0.2, 0) is 22.4 Å². The van der Waals surface area contributed by atoms with E-state index in [1.165, 1.54) is 12.1 Å². The molecular weight excluding hydrogens is 599 g/mol. The van der Waals surface area contributed by atoms with Crippen LogP contribution in [0.3, 0.4) is 0 Å². The van der Waals surface area contributed by atoms with Crippen molar-refractivity contribution >= 4 is 34.7 Å². The minimum Gasteiger partial charge on any atom is -0.494 e. The second-order valence-electron chi connectivity index (χ2n) is 11.4. The van der Waals surface area contributed by atoms with E-state index in [4.69, 9.17) is 25.8 Å². The molecule has 1 fully saturated rings. The van der Waals surface area contributed by atoms with Gasteiger partial charge < -0.3 is 24.6 Å². The smallest absolute Gasteiger partial charge is 0.309 e. The molecule has 0 aromatic heterocycles. The number of fused-ring (bicyclic) bond motifs is 1. The number of anilines is 1. The molecule has 3 atom stereocenters. The first kappa shape index (κ1) is 32.3. The summed E-state index contributed by atoms with van der Waals surface area (Å²) in [5.41, 5.74) is 4.82. The minimum atomic E-state index is -1.11. The average Bonchev–Trinajstić information content (AvgIpc) is 3.61. The van der Waals surface area contributed by atoms with E-state index in [9.17, 15) is 14.7 Å². The monoisotopic (exact) mass is 636 g/mol. The molecule has 0 spiro atoms. The fourth-order valence-corrected chi connectivity index (χ4v) is 6.79. The first-order chi connectivity index (χ1) is 21.6.